The molecule has 5 rings (SSSR count). The van der Waals surface area contributed by atoms with Gasteiger partial charge in [0.1, 0.15) is 29.0 Å². The maximum atomic E-state index is 13.5. The van der Waals surface area contributed by atoms with Gasteiger partial charge in [-0.2, -0.15) is 4.31 Å². The van der Waals surface area contributed by atoms with Gasteiger partial charge >= 0.3 is 0 Å². The van der Waals surface area contributed by atoms with E-state index in [2.05, 4.69) is 26.6 Å². The van der Waals surface area contributed by atoms with Crippen molar-refractivity contribution >= 4 is 48.8 Å². The summed E-state index contributed by atoms with van der Waals surface area (Å²) in [5.41, 5.74) is 4.41. The van der Waals surface area contributed by atoms with Gasteiger partial charge in [0, 0.05) is 53.6 Å². The van der Waals surface area contributed by atoms with Crippen LogP contribution in [0.1, 0.15) is 44.3 Å². The molecule has 226 valence electrons. The molecule has 3 aromatic rings. The number of ether oxygens (including phenoxy) is 1. The third kappa shape index (κ3) is 6.87. The number of rotatable bonds is 11. The van der Waals surface area contributed by atoms with E-state index in [0.717, 1.165) is 37.6 Å². The second kappa shape index (κ2) is 13.0. The number of thiazole rings is 1. The molecule has 0 radical (unpaired) electrons. The van der Waals surface area contributed by atoms with Crippen molar-refractivity contribution < 1.29 is 17.5 Å². The average molecular weight is 687 g/mol. The van der Waals surface area contributed by atoms with Crippen molar-refractivity contribution in [3.8, 4) is 5.75 Å². The number of allylic oxidation sites excluding steroid dienone is 2. The third-order valence-electron chi connectivity index (χ3n) is 7.04. The number of nitrogens with zero attached hydrogens (tertiary/aromatic N) is 3. The number of fused-ring (bicyclic) bond motifs is 1. The second-order valence-electron chi connectivity index (χ2n) is 10.3. The fourth-order valence-corrected chi connectivity index (χ4v) is 7.57. The summed E-state index contributed by atoms with van der Waals surface area (Å²) in [4.78, 5) is 6.75. The Bertz CT molecular complexity index is 1730. The van der Waals surface area contributed by atoms with E-state index in [1.807, 2.05) is 79.3 Å². The zero-order chi connectivity index (χ0) is 30.7. The first kappa shape index (κ1) is 31.0. The van der Waals surface area contributed by atoms with Crippen LogP contribution in [0.25, 0.3) is 0 Å². The topological polar surface area (TPSA) is 86.8 Å². The summed E-state index contributed by atoms with van der Waals surface area (Å²) < 4.78 is 47.5. The Balaban J connectivity index is 1.30. The lowest BCUT2D eigenvalue weighted by atomic mass is 10.0. The number of halogens is 2. The average Bonchev–Trinajstić information content (AvgIpc) is 3.47. The van der Waals surface area contributed by atoms with Gasteiger partial charge in [-0.05, 0) is 78.7 Å². The molecule has 0 saturated carbocycles. The van der Waals surface area contributed by atoms with Crippen LogP contribution < -0.4 is 20.3 Å². The van der Waals surface area contributed by atoms with E-state index in [9.17, 15) is 12.8 Å². The summed E-state index contributed by atoms with van der Waals surface area (Å²) in [6.45, 7) is 7.75. The molecule has 2 N–H and O–H groups in total. The highest BCUT2D eigenvalue weighted by Crippen LogP contribution is 2.35. The molecular formula is C31H33BrFN5O3S2. The van der Waals surface area contributed by atoms with Crippen molar-refractivity contribution in [1.82, 2.24) is 14.6 Å². The first-order valence-electron chi connectivity index (χ1n) is 13.8. The Hall–Kier alpha value is -3.45. The third-order valence-corrected chi connectivity index (χ3v) is 11.1. The van der Waals surface area contributed by atoms with Gasteiger partial charge in [0.25, 0.3) is 0 Å². The van der Waals surface area contributed by atoms with Gasteiger partial charge in [0.2, 0.25) is 10.0 Å². The van der Waals surface area contributed by atoms with Gasteiger partial charge in [-0.3, -0.25) is 0 Å². The summed E-state index contributed by atoms with van der Waals surface area (Å²) in [7, 11) is -3.42. The van der Waals surface area contributed by atoms with E-state index < -0.39 is 15.3 Å². The van der Waals surface area contributed by atoms with Gasteiger partial charge in [0.15, 0.2) is 0 Å². The second-order valence-corrected chi connectivity index (χ2v) is 14.5. The van der Waals surface area contributed by atoms with Crippen molar-refractivity contribution in [1.29, 1.82) is 0 Å². The minimum Gasteiger partial charge on any atom is -0.488 e. The number of sulfonamides is 1. The van der Waals surface area contributed by atoms with Crippen molar-refractivity contribution in [3.05, 3.63) is 116 Å². The molecule has 0 aliphatic carbocycles. The quantitative estimate of drug-likeness (QED) is 0.218. The molecule has 0 amide bonds. The van der Waals surface area contributed by atoms with Crippen LogP contribution in [0.2, 0.25) is 0 Å². The molecule has 2 aromatic carbocycles. The van der Waals surface area contributed by atoms with Gasteiger partial charge in [0.05, 0.1) is 21.5 Å². The maximum absolute atomic E-state index is 13.5. The monoisotopic (exact) mass is 685 g/mol. The number of benzene rings is 2. The van der Waals surface area contributed by atoms with Crippen molar-refractivity contribution in [2.24, 2.45) is 0 Å². The zero-order valence-electron chi connectivity index (χ0n) is 24.2. The van der Waals surface area contributed by atoms with Gasteiger partial charge < -0.3 is 20.3 Å². The van der Waals surface area contributed by atoms with E-state index in [4.69, 9.17) is 9.72 Å². The smallest absolute Gasteiger partial charge is 0.217 e. The van der Waals surface area contributed by atoms with E-state index in [1.54, 1.807) is 19.9 Å². The minimum atomic E-state index is -3.42. The highest BCUT2D eigenvalue weighted by atomic mass is 79.9. The lowest BCUT2D eigenvalue weighted by molar-refractivity contribution is 0.303. The van der Waals surface area contributed by atoms with Crippen molar-refractivity contribution in [3.63, 3.8) is 0 Å². The van der Waals surface area contributed by atoms with Gasteiger partial charge in [-0.1, -0.05) is 19.1 Å². The van der Waals surface area contributed by atoms with E-state index >= 15 is 0 Å². The van der Waals surface area contributed by atoms with Crippen LogP contribution in [0.3, 0.4) is 0 Å². The van der Waals surface area contributed by atoms with Gasteiger partial charge in [-0.25, -0.2) is 17.8 Å². The summed E-state index contributed by atoms with van der Waals surface area (Å²) in [5, 5.41) is 8.85. The van der Waals surface area contributed by atoms with E-state index in [1.165, 1.54) is 27.8 Å². The Morgan fingerprint density at radius 1 is 1.19 bits per heavy atom. The summed E-state index contributed by atoms with van der Waals surface area (Å²) in [6, 6.07) is 11.7. The molecule has 3 heterocycles. The standard InChI is InChI=1S/C31H33BrFN5O3S2/c1-5-38(43(39,40)20(2)3)21(4)31-36-30(19-42-31)37-12-11-23-15-34-16-28(26(23)17-37)35-25-9-10-29(27(32)14-25)41-18-22-7-6-8-24(33)13-22/h6-17,19-21,34-35H,5,18H2,1-4H3. The van der Waals surface area contributed by atoms with Crippen LogP contribution in [0, 0.1) is 5.82 Å². The highest BCUT2D eigenvalue weighted by Gasteiger charge is 2.31. The summed E-state index contributed by atoms with van der Waals surface area (Å²) in [5.74, 6) is 1.07. The van der Waals surface area contributed by atoms with E-state index in [0.29, 0.717) is 18.1 Å². The summed E-state index contributed by atoms with van der Waals surface area (Å²) >= 11 is 5.04. The minimum absolute atomic E-state index is 0.253. The predicted molar refractivity (Wildman–Crippen MR) is 174 cm³/mol. The van der Waals surface area contributed by atoms with Crippen LogP contribution in [0.4, 0.5) is 15.9 Å². The van der Waals surface area contributed by atoms with Crippen molar-refractivity contribution in [2.45, 2.75) is 45.6 Å². The Labute approximate surface area is 264 Å². The first-order chi connectivity index (χ1) is 20.6. The molecule has 1 aromatic heterocycles. The van der Waals surface area contributed by atoms with Crippen LogP contribution in [-0.4, -0.2) is 29.5 Å². The Morgan fingerprint density at radius 2 is 2.00 bits per heavy atom. The van der Waals surface area contributed by atoms with E-state index in [-0.39, 0.29) is 18.5 Å². The first-order valence-corrected chi connectivity index (χ1v) is 17.0. The molecule has 0 spiro atoms. The molecule has 2 aliphatic heterocycles. The molecule has 1 unspecified atom stereocenters. The molecule has 0 saturated heterocycles. The molecule has 1 atom stereocenters. The lowest BCUT2D eigenvalue weighted by Crippen LogP contribution is -2.38. The fraction of sp³-hybridized carbons (Fsp3) is 0.258. The molecule has 2 aliphatic rings. The van der Waals surface area contributed by atoms with Crippen molar-refractivity contribution in [2.75, 3.05) is 16.8 Å². The maximum Gasteiger partial charge on any atom is 0.217 e. The van der Waals surface area contributed by atoms with Crippen LogP contribution in [-0.2, 0) is 16.6 Å². The number of hydrogen-bond acceptors (Lipinski definition) is 8. The molecule has 12 heteroatoms. The Morgan fingerprint density at radius 3 is 2.72 bits per heavy atom. The number of aromatic nitrogens is 1. The number of hydrogen-bond donors (Lipinski definition) is 2. The largest absolute Gasteiger partial charge is 0.488 e. The Kier molecular flexibility index (Phi) is 9.40. The number of anilines is 2. The molecule has 0 fully saturated rings. The highest BCUT2D eigenvalue weighted by molar-refractivity contribution is 9.10. The van der Waals surface area contributed by atoms with Crippen LogP contribution in [0.5, 0.6) is 5.75 Å². The number of dihydropyridines is 1. The van der Waals surface area contributed by atoms with Gasteiger partial charge in [-0.15, -0.1) is 11.3 Å². The van der Waals surface area contributed by atoms with Crippen LogP contribution >= 0.6 is 27.3 Å². The molecule has 43 heavy (non-hydrogen) atoms. The molecular weight excluding hydrogens is 653 g/mol. The number of nitrogens with one attached hydrogen (secondary N) is 2. The normalized spacial score (nSPS) is 15.4. The molecule has 0 bridgehead atoms. The zero-order valence-corrected chi connectivity index (χ0v) is 27.4. The molecule has 8 nitrogen and oxygen atoms in total. The SMILES string of the molecule is CCN(C(C)c1nc(N2C=CC3=CNC=C(Nc4ccc(OCc5cccc(F)c5)c(Br)c4)C3=C2)cs1)S(=O)(=O)C(C)C. The van der Waals surface area contributed by atoms with Crippen LogP contribution in [0.15, 0.2) is 100 Å². The predicted octanol–water partition coefficient (Wildman–Crippen LogP) is 7.40. The fourth-order valence-electron chi connectivity index (χ4n) is 4.69. The summed E-state index contributed by atoms with van der Waals surface area (Å²) in [6.07, 6.45) is 9.75. The lowest BCUT2D eigenvalue weighted by Gasteiger charge is -2.28.